The van der Waals surface area contributed by atoms with Gasteiger partial charge in [0.1, 0.15) is 11.5 Å². The fourth-order valence-corrected chi connectivity index (χ4v) is 2.33. The number of nitriles is 1. The van der Waals surface area contributed by atoms with Crippen molar-refractivity contribution in [3.63, 3.8) is 0 Å². The molecule has 1 N–H and O–H groups in total. The summed E-state index contributed by atoms with van der Waals surface area (Å²) in [6.45, 7) is 2.68. The topological polar surface area (TPSA) is 54.3 Å². The average Bonchev–Trinajstić information content (AvgIpc) is 2.59. The number of hydrogen-bond acceptors (Lipinski definition) is 4. The zero-order valence-electron chi connectivity index (χ0n) is 13.1. The number of nitrogens with one attached hydrogen (secondary N) is 1. The van der Waals surface area contributed by atoms with E-state index >= 15 is 0 Å². The zero-order chi connectivity index (χ0) is 15.9. The van der Waals surface area contributed by atoms with Gasteiger partial charge in [-0.3, -0.25) is 0 Å². The second-order valence-corrected chi connectivity index (χ2v) is 4.98. The third kappa shape index (κ3) is 3.57. The summed E-state index contributed by atoms with van der Waals surface area (Å²) in [7, 11) is 3.30. The molecule has 0 saturated carbocycles. The van der Waals surface area contributed by atoms with Crippen LogP contribution in [-0.2, 0) is 6.54 Å². The number of benzene rings is 2. The summed E-state index contributed by atoms with van der Waals surface area (Å²) in [5, 5.41) is 12.6. The Kier molecular flexibility index (Phi) is 5.40. The fraction of sp³-hybridized carbons (Fsp3) is 0.278. The quantitative estimate of drug-likeness (QED) is 0.887. The van der Waals surface area contributed by atoms with E-state index in [1.807, 2.05) is 42.5 Å². The Morgan fingerprint density at radius 2 is 1.91 bits per heavy atom. The van der Waals surface area contributed by atoms with Gasteiger partial charge in [0.2, 0.25) is 0 Å². The predicted octanol–water partition coefficient (Wildman–Crippen LogP) is 3.43. The Bertz CT molecular complexity index is 677. The molecule has 2 rings (SSSR count). The molecule has 1 atom stereocenters. The van der Waals surface area contributed by atoms with Crippen molar-refractivity contribution in [3.8, 4) is 17.6 Å². The molecule has 0 bridgehead atoms. The molecule has 0 spiro atoms. The standard InChI is InChI=1S/C18H20N2O2/c1-13(17-10-16(21-2)8-9-18(17)22-3)20-12-15-7-5-4-6-14(15)11-19/h4-10,13,20H,12H2,1-3H3/t13-/m1/s1. The van der Waals surface area contributed by atoms with E-state index in [4.69, 9.17) is 14.7 Å². The maximum atomic E-state index is 9.14. The Hall–Kier alpha value is -2.51. The Balaban J connectivity index is 2.15. The van der Waals surface area contributed by atoms with Gasteiger partial charge < -0.3 is 14.8 Å². The molecule has 0 aliphatic rings. The minimum atomic E-state index is 0.0665. The lowest BCUT2D eigenvalue weighted by molar-refractivity contribution is 0.391. The van der Waals surface area contributed by atoms with Crippen LogP contribution in [0.2, 0.25) is 0 Å². The van der Waals surface area contributed by atoms with Crippen LogP contribution in [0.4, 0.5) is 0 Å². The zero-order valence-corrected chi connectivity index (χ0v) is 13.1. The highest BCUT2D eigenvalue weighted by Crippen LogP contribution is 2.29. The summed E-state index contributed by atoms with van der Waals surface area (Å²) >= 11 is 0. The van der Waals surface area contributed by atoms with Crippen LogP contribution in [0.15, 0.2) is 42.5 Å². The van der Waals surface area contributed by atoms with E-state index in [0.717, 1.165) is 22.6 Å². The van der Waals surface area contributed by atoms with Crippen LogP contribution in [0.5, 0.6) is 11.5 Å². The summed E-state index contributed by atoms with van der Waals surface area (Å²) in [4.78, 5) is 0. The van der Waals surface area contributed by atoms with Crippen molar-refractivity contribution >= 4 is 0 Å². The van der Waals surface area contributed by atoms with Crippen LogP contribution in [0.1, 0.15) is 29.7 Å². The number of rotatable bonds is 6. The van der Waals surface area contributed by atoms with Crippen molar-refractivity contribution in [2.45, 2.75) is 19.5 Å². The third-order valence-corrected chi connectivity index (χ3v) is 3.64. The van der Waals surface area contributed by atoms with Crippen LogP contribution in [0.25, 0.3) is 0 Å². The first-order valence-electron chi connectivity index (χ1n) is 7.13. The van der Waals surface area contributed by atoms with Gasteiger partial charge in [-0.25, -0.2) is 0 Å². The molecule has 114 valence electrons. The SMILES string of the molecule is COc1ccc(OC)c([C@@H](C)NCc2ccccc2C#N)c1. The van der Waals surface area contributed by atoms with Gasteiger partial charge in [-0.05, 0) is 36.8 Å². The van der Waals surface area contributed by atoms with Gasteiger partial charge in [0, 0.05) is 18.2 Å². The van der Waals surface area contributed by atoms with Crippen molar-refractivity contribution < 1.29 is 9.47 Å². The molecule has 0 unspecified atom stereocenters. The summed E-state index contributed by atoms with van der Waals surface area (Å²) in [6, 6.07) is 15.6. The van der Waals surface area contributed by atoms with Crippen molar-refractivity contribution in [2.24, 2.45) is 0 Å². The largest absolute Gasteiger partial charge is 0.497 e. The maximum absolute atomic E-state index is 9.14. The van der Waals surface area contributed by atoms with Crippen molar-refractivity contribution in [3.05, 3.63) is 59.2 Å². The Labute approximate surface area is 131 Å². The van der Waals surface area contributed by atoms with E-state index in [9.17, 15) is 0 Å². The van der Waals surface area contributed by atoms with Gasteiger partial charge >= 0.3 is 0 Å². The van der Waals surface area contributed by atoms with E-state index in [0.29, 0.717) is 12.1 Å². The monoisotopic (exact) mass is 296 g/mol. The van der Waals surface area contributed by atoms with Crippen LogP contribution in [0, 0.1) is 11.3 Å². The summed E-state index contributed by atoms with van der Waals surface area (Å²) < 4.78 is 10.7. The van der Waals surface area contributed by atoms with Crippen LogP contribution in [-0.4, -0.2) is 14.2 Å². The van der Waals surface area contributed by atoms with E-state index < -0.39 is 0 Å². The molecular formula is C18H20N2O2. The lowest BCUT2D eigenvalue weighted by Gasteiger charge is -2.18. The molecule has 0 fully saturated rings. The first-order valence-corrected chi connectivity index (χ1v) is 7.13. The number of ether oxygens (including phenoxy) is 2. The number of nitrogens with zero attached hydrogens (tertiary/aromatic N) is 1. The Morgan fingerprint density at radius 3 is 2.59 bits per heavy atom. The van der Waals surface area contributed by atoms with Gasteiger partial charge in [0.05, 0.1) is 25.9 Å². The minimum Gasteiger partial charge on any atom is -0.497 e. The highest BCUT2D eigenvalue weighted by Gasteiger charge is 2.13. The first-order chi connectivity index (χ1) is 10.7. The van der Waals surface area contributed by atoms with Gasteiger partial charge in [-0.1, -0.05) is 18.2 Å². The molecule has 2 aromatic carbocycles. The second-order valence-electron chi connectivity index (χ2n) is 4.98. The maximum Gasteiger partial charge on any atom is 0.123 e. The van der Waals surface area contributed by atoms with E-state index in [-0.39, 0.29) is 6.04 Å². The molecule has 2 aromatic rings. The molecule has 4 nitrogen and oxygen atoms in total. The molecular weight excluding hydrogens is 276 g/mol. The van der Waals surface area contributed by atoms with Gasteiger partial charge in [0.25, 0.3) is 0 Å². The summed E-state index contributed by atoms with van der Waals surface area (Å²) in [6.07, 6.45) is 0. The predicted molar refractivity (Wildman–Crippen MR) is 86.0 cm³/mol. The van der Waals surface area contributed by atoms with Crippen molar-refractivity contribution in [1.82, 2.24) is 5.32 Å². The second kappa shape index (κ2) is 7.48. The van der Waals surface area contributed by atoms with Crippen LogP contribution >= 0.6 is 0 Å². The summed E-state index contributed by atoms with van der Waals surface area (Å²) in [5.74, 6) is 1.61. The average molecular weight is 296 g/mol. The first kappa shape index (κ1) is 15.9. The molecule has 0 saturated heterocycles. The van der Waals surface area contributed by atoms with E-state index in [1.165, 1.54) is 0 Å². The van der Waals surface area contributed by atoms with Crippen LogP contribution < -0.4 is 14.8 Å². The lowest BCUT2D eigenvalue weighted by Crippen LogP contribution is -2.19. The third-order valence-electron chi connectivity index (χ3n) is 3.64. The summed E-state index contributed by atoms with van der Waals surface area (Å²) in [5.41, 5.74) is 2.70. The number of methoxy groups -OCH3 is 2. The normalized spacial score (nSPS) is 11.5. The van der Waals surface area contributed by atoms with Crippen molar-refractivity contribution in [2.75, 3.05) is 14.2 Å². The molecule has 0 amide bonds. The minimum absolute atomic E-state index is 0.0665. The Morgan fingerprint density at radius 1 is 1.14 bits per heavy atom. The smallest absolute Gasteiger partial charge is 0.123 e. The van der Waals surface area contributed by atoms with Crippen molar-refractivity contribution in [1.29, 1.82) is 5.26 Å². The fourth-order valence-electron chi connectivity index (χ4n) is 2.33. The molecule has 22 heavy (non-hydrogen) atoms. The molecule has 0 radical (unpaired) electrons. The van der Waals surface area contributed by atoms with E-state index in [2.05, 4.69) is 18.3 Å². The molecule has 0 aromatic heterocycles. The van der Waals surface area contributed by atoms with Gasteiger partial charge in [0.15, 0.2) is 0 Å². The highest BCUT2D eigenvalue weighted by molar-refractivity contribution is 5.42. The van der Waals surface area contributed by atoms with Gasteiger partial charge in [-0.2, -0.15) is 5.26 Å². The highest BCUT2D eigenvalue weighted by atomic mass is 16.5. The van der Waals surface area contributed by atoms with E-state index in [1.54, 1.807) is 14.2 Å². The molecule has 0 aliphatic carbocycles. The lowest BCUT2D eigenvalue weighted by atomic mass is 10.0. The number of hydrogen-bond donors (Lipinski definition) is 1. The molecule has 0 heterocycles. The van der Waals surface area contributed by atoms with Gasteiger partial charge in [-0.15, -0.1) is 0 Å². The van der Waals surface area contributed by atoms with Crippen LogP contribution in [0.3, 0.4) is 0 Å². The molecule has 0 aliphatic heterocycles. The molecule has 4 heteroatoms.